The number of piperidine rings is 1. The van der Waals surface area contributed by atoms with Gasteiger partial charge in [-0.2, -0.15) is 5.11 Å². The van der Waals surface area contributed by atoms with Crippen molar-refractivity contribution in [2.45, 2.75) is 38.6 Å². The minimum atomic E-state index is -0.676. The summed E-state index contributed by atoms with van der Waals surface area (Å²) in [6, 6.07) is 12.2. The van der Waals surface area contributed by atoms with Crippen molar-refractivity contribution in [2.75, 3.05) is 0 Å². The van der Waals surface area contributed by atoms with Gasteiger partial charge in [-0.3, -0.25) is 24.5 Å². The second kappa shape index (κ2) is 10.3. The molecule has 0 bridgehead atoms. The minimum Gasteiger partial charge on any atom is -0.489 e. The maximum atomic E-state index is 12.9. The minimum absolute atomic E-state index is 0.172. The molecular formula is C24H25N6O5+. The fourth-order valence-electron chi connectivity index (χ4n) is 4.14. The van der Waals surface area contributed by atoms with Crippen LogP contribution in [0.15, 0.2) is 59.5 Å². The third-order valence-corrected chi connectivity index (χ3v) is 6.00. The molecule has 0 saturated carbocycles. The number of fused-ring (bicyclic) bond motifs is 1. The van der Waals surface area contributed by atoms with Crippen LogP contribution < -0.4 is 21.1 Å². The van der Waals surface area contributed by atoms with E-state index in [4.69, 9.17) is 16.0 Å². The number of quaternary nitrogens is 1. The van der Waals surface area contributed by atoms with Crippen molar-refractivity contribution in [3.8, 4) is 5.75 Å². The number of nitrogens with two attached hydrogens (primary N) is 2. The molecule has 2 aliphatic heterocycles. The van der Waals surface area contributed by atoms with Gasteiger partial charge in [0.2, 0.25) is 17.5 Å². The molecule has 0 aromatic heterocycles. The number of nitrogens with one attached hydrogen (secondary N) is 2. The maximum absolute atomic E-state index is 12.9. The van der Waals surface area contributed by atoms with E-state index >= 15 is 0 Å². The van der Waals surface area contributed by atoms with Crippen molar-refractivity contribution >= 4 is 23.6 Å². The SMILES string of the molecule is N=N/C=C(\[NH2+]Cc1ccc(COc2cccc3c2CN(C2CCC(=O)NC2=O)C3=O)cc1)C(N)=O. The Kier molecular flexibility index (Phi) is 6.97. The van der Waals surface area contributed by atoms with Crippen LogP contribution in [0.3, 0.4) is 0 Å². The van der Waals surface area contributed by atoms with Gasteiger partial charge in [0.1, 0.15) is 31.1 Å². The lowest BCUT2D eigenvalue weighted by Gasteiger charge is -2.29. The summed E-state index contributed by atoms with van der Waals surface area (Å²) in [5, 5.41) is 7.00. The van der Waals surface area contributed by atoms with E-state index in [0.717, 1.165) is 22.9 Å². The molecule has 0 spiro atoms. The number of carbonyl (C=O) groups is 4. The van der Waals surface area contributed by atoms with E-state index in [9.17, 15) is 19.2 Å². The van der Waals surface area contributed by atoms with Crippen molar-refractivity contribution in [3.63, 3.8) is 0 Å². The van der Waals surface area contributed by atoms with Crippen LogP contribution in [0.1, 0.15) is 39.9 Å². The fraction of sp³-hybridized carbons (Fsp3) is 0.250. The number of nitrogens with zero attached hydrogens (tertiary/aromatic N) is 2. The van der Waals surface area contributed by atoms with Gasteiger partial charge in [0, 0.05) is 23.1 Å². The van der Waals surface area contributed by atoms with Crippen LogP contribution in [0.2, 0.25) is 0 Å². The summed E-state index contributed by atoms with van der Waals surface area (Å²) in [5.41, 5.74) is 15.3. The average molecular weight is 478 g/mol. The van der Waals surface area contributed by atoms with Crippen molar-refractivity contribution in [1.82, 2.24) is 10.2 Å². The molecule has 2 aromatic rings. The molecule has 0 aliphatic carbocycles. The molecule has 2 heterocycles. The molecule has 35 heavy (non-hydrogen) atoms. The van der Waals surface area contributed by atoms with Crippen LogP contribution in [-0.4, -0.2) is 34.6 Å². The van der Waals surface area contributed by atoms with Crippen molar-refractivity contribution in [3.05, 3.63) is 76.6 Å². The number of carbonyl (C=O) groups excluding carboxylic acids is 4. The molecule has 11 heteroatoms. The van der Waals surface area contributed by atoms with Gasteiger partial charge in [0.15, 0.2) is 0 Å². The summed E-state index contributed by atoms with van der Waals surface area (Å²) in [4.78, 5) is 49.5. The standard InChI is InChI=1S/C24H24N6O5/c25-22(32)18(11-28-26)27-10-14-4-6-15(7-5-14)13-35-20-3-1-2-16-17(20)12-30(24(16)34)19-8-9-21(31)29-23(19)33/h1-7,11,19,26-27H,8-10,12-13H2,(H2,25,32)(H,29,31,33)/p+1/b18-11-,28-26?. The zero-order valence-corrected chi connectivity index (χ0v) is 18.8. The van der Waals surface area contributed by atoms with Crippen LogP contribution in [0.5, 0.6) is 5.75 Å². The van der Waals surface area contributed by atoms with E-state index in [1.54, 1.807) is 23.5 Å². The topological polar surface area (TPSA) is 172 Å². The first kappa shape index (κ1) is 23.8. The molecule has 4 rings (SSSR count). The summed E-state index contributed by atoms with van der Waals surface area (Å²) >= 11 is 0. The predicted octanol–water partition coefficient (Wildman–Crippen LogP) is 0.448. The van der Waals surface area contributed by atoms with E-state index in [1.165, 1.54) is 4.90 Å². The lowest BCUT2D eigenvalue weighted by molar-refractivity contribution is -0.617. The van der Waals surface area contributed by atoms with Gasteiger partial charge in [-0.05, 0) is 24.1 Å². The molecule has 11 nitrogen and oxygen atoms in total. The molecule has 1 fully saturated rings. The summed E-state index contributed by atoms with van der Waals surface area (Å²) in [6.07, 6.45) is 1.61. The van der Waals surface area contributed by atoms with Crippen molar-refractivity contribution in [2.24, 2.45) is 10.8 Å². The van der Waals surface area contributed by atoms with Crippen LogP contribution >= 0.6 is 0 Å². The predicted molar refractivity (Wildman–Crippen MR) is 121 cm³/mol. The second-order valence-electron chi connectivity index (χ2n) is 8.27. The normalized spacial score (nSPS) is 17.7. The van der Waals surface area contributed by atoms with Crippen LogP contribution in [0, 0.1) is 5.53 Å². The summed E-state index contributed by atoms with van der Waals surface area (Å²) in [5.74, 6) is -1.09. The Bertz CT molecular complexity index is 1220. The molecule has 1 unspecified atom stereocenters. The van der Waals surface area contributed by atoms with Crippen molar-refractivity contribution < 1.29 is 29.2 Å². The van der Waals surface area contributed by atoms with E-state index in [2.05, 4.69) is 10.4 Å². The monoisotopic (exact) mass is 477 g/mol. The first-order chi connectivity index (χ1) is 16.9. The smallest absolute Gasteiger partial charge is 0.304 e. The molecule has 0 radical (unpaired) electrons. The third-order valence-electron chi connectivity index (χ3n) is 6.00. The fourth-order valence-corrected chi connectivity index (χ4v) is 4.14. The Morgan fingerprint density at radius 2 is 1.94 bits per heavy atom. The Balaban J connectivity index is 1.39. The number of ether oxygens (including phenoxy) is 1. The summed E-state index contributed by atoms with van der Waals surface area (Å²) in [7, 11) is 0. The number of hydrogen-bond donors (Lipinski definition) is 4. The first-order valence-corrected chi connectivity index (χ1v) is 11.0. The largest absolute Gasteiger partial charge is 0.489 e. The van der Waals surface area contributed by atoms with Crippen LogP contribution in [-0.2, 0) is 34.1 Å². The lowest BCUT2D eigenvalue weighted by atomic mass is 10.0. The number of hydrogen-bond acceptors (Lipinski definition) is 7. The van der Waals surface area contributed by atoms with E-state index in [-0.39, 0.29) is 37.1 Å². The Labute approximate surface area is 200 Å². The molecular weight excluding hydrogens is 452 g/mol. The van der Waals surface area contributed by atoms with E-state index < -0.39 is 17.9 Å². The summed E-state index contributed by atoms with van der Waals surface area (Å²) in [6.45, 7) is 0.971. The Morgan fingerprint density at radius 1 is 1.20 bits per heavy atom. The average Bonchev–Trinajstić information content (AvgIpc) is 3.17. The highest BCUT2D eigenvalue weighted by atomic mass is 16.5. The van der Waals surface area contributed by atoms with Gasteiger partial charge in [0.05, 0.1) is 6.54 Å². The number of imide groups is 1. The van der Waals surface area contributed by atoms with Crippen LogP contribution in [0.4, 0.5) is 0 Å². The zero-order chi connectivity index (χ0) is 24.9. The van der Waals surface area contributed by atoms with Gasteiger partial charge in [-0.25, -0.2) is 5.53 Å². The highest BCUT2D eigenvalue weighted by Crippen LogP contribution is 2.33. The third kappa shape index (κ3) is 5.25. The molecule has 180 valence electrons. The molecule has 1 atom stereocenters. The highest BCUT2D eigenvalue weighted by molar-refractivity contribution is 6.05. The molecule has 1 saturated heterocycles. The van der Waals surface area contributed by atoms with Gasteiger partial charge in [-0.1, -0.05) is 30.3 Å². The van der Waals surface area contributed by atoms with E-state index in [0.29, 0.717) is 24.3 Å². The van der Waals surface area contributed by atoms with E-state index in [1.807, 2.05) is 24.3 Å². The van der Waals surface area contributed by atoms with Gasteiger partial charge < -0.3 is 20.7 Å². The number of amides is 4. The molecule has 6 N–H and O–H groups in total. The van der Waals surface area contributed by atoms with Gasteiger partial charge >= 0.3 is 5.91 Å². The van der Waals surface area contributed by atoms with Crippen molar-refractivity contribution in [1.29, 1.82) is 5.53 Å². The summed E-state index contributed by atoms with van der Waals surface area (Å²) < 4.78 is 6.02. The number of primary amides is 1. The molecule has 2 aromatic carbocycles. The highest BCUT2D eigenvalue weighted by Gasteiger charge is 2.40. The second-order valence-corrected chi connectivity index (χ2v) is 8.27. The number of benzene rings is 2. The van der Waals surface area contributed by atoms with Crippen LogP contribution in [0.25, 0.3) is 0 Å². The van der Waals surface area contributed by atoms with Gasteiger partial charge in [0.25, 0.3) is 5.91 Å². The Morgan fingerprint density at radius 3 is 2.63 bits per heavy atom. The Hall–Kier alpha value is -4.38. The maximum Gasteiger partial charge on any atom is 0.304 e. The molecule has 4 amide bonds. The lowest BCUT2D eigenvalue weighted by Crippen LogP contribution is -2.82. The number of rotatable bonds is 9. The first-order valence-electron chi connectivity index (χ1n) is 11.0. The quantitative estimate of drug-likeness (QED) is 0.233. The van der Waals surface area contributed by atoms with Gasteiger partial charge in [-0.15, -0.1) is 0 Å². The zero-order valence-electron chi connectivity index (χ0n) is 18.8. The molecule has 2 aliphatic rings.